The van der Waals surface area contributed by atoms with Crippen LogP contribution in [0.2, 0.25) is 0 Å². The lowest BCUT2D eigenvalue weighted by atomic mass is 10.1. The molecule has 2 aromatic rings. The molecule has 0 bridgehead atoms. The van der Waals surface area contributed by atoms with Crippen molar-refractivity contribution in [2.75, 3.05) is 11.9 Å². The number of amides is 1. The Balaban J connectivity index is 2.12. The van der Waals surface area contributed by atoms with Gasteiger partial charge in [-0.25, -0.2) is 22.9 Å². The van der Waals surface area contributed by atoms with Gasteiger partial charge in [0.25, 0.3) is 0 Å². The van der Waals surface area contributed by atoms with Gasteiger partial charge in [0.2, 0.25) is 10.0 Å². The number of nitrogens with one attached hydrogen (secondary N) is 3. The summed E-state index contributed by atoms with van der Waals surface area (Å²) in [5, 5.41) is 15.0. The van der Waals surface area contributed by atoms with Crippen LogP contribution in [0, 0.1) is 0 Å². The number of carbonyl (C=O) groups is 1. The highest BCUT2D eigenvalue weighted by molar-refractivity contribution is 7.89. The number of sulfonamides is 1. The van der Waals surface area contributed by atoms with E-state index in [1.54, 1.807) is 26.8 Å². The summed E-state index contributed by atoms with van der Waals surface area (Å²) in [6.07, 6.45) is -0.460. The first-order valence-electron chi connectivity index (χ1n) is 8.43. The van der Waals surface area contributed by atoms with Crippen molar-refractivity contribution in [2.24, 2.45) is 0 Å². The van der Waals surface area contributed by atoms with Gasteiger partial charge in [-0.1, -0.05) is 0 Å². The highest BCUT2D eigenvalue weighted by atomic mass is 32.2. The quantitative estimate of drug-likeness (QED) is 0.615. The highest BCUT2D eigenvalue weighted by Crippen LogP contribution is 2.35. The van der Waals surface area contributed by atoms with Crippen LogP contribution in [-0.4, -0.2) is 36.7 Å². The summed E-state index contributed by atoms with van der Waals surface area (Å²) in [5.74, 6) is 0. The van der Waals surface area contributed by atoms with Gasteiger partial charge in [-0.15, -0.1) is 11.3 Å². The maximum atomic E-state index is 13.0. The van der Waals surface area contributed by atoms with Gasteiger partial charge >= 0.3 is 6.09 Å². The van der Waals surface area contributed by atoms with Gasteiger partial charge < -0.3 is 10.4 Å². The van der Waals surface area contributed by atoms with Crippen molar-refractivity contribution in [1.29, 1.82) is 0 Å². The lowest BCUT2D eigenvalue weighted by Crippen LogP contribution is -2.40. The van der Waals surface area contributed by atoms with Crippen molar-refractivity contribution in [3.05, 3.63) is 28.8 Å². The minimum absolute atomic E-state index is 0.00253. The molecule has 0 atom stereocenters. The van der Waals surface area contributed by atoms with Crippen LogP contribution in [-0.2, 0) is 23.0 Å². The van der Waals surface area contributed by atoms with Crippen molar-refractivity contribution < 1.29 is 18.3 Å². The van der Waals surface area contributed by atoms with Crippen LogP contribution in [0.5, 0.6) is 0 Å². The predicted molar refractivity (Wildman–Crippen MR) is 105 cm³/mol. The van der Waals surface area contributed by atoms with Gasteiger partial charge in [-0.3, -0.25) is 5.32 Å². The third kappa shape index (κ3) is 4.64. The molecule has 146 valence electrons. The number of hydrogen-bond acceptors (Lipinski definition) is 6. The zero-order valence-corrected chi connectivity index (χ0v) is 16.9. The van der Waals surface area contributed by atoms with Gasteiger partial charge in [-0.05, 0) is 39.0 Å². The average Bonchev–Trinajstić information content (AvgIpc) is 2.95. The number of thiazole rings is 1. The number of rotatable bonds is 4. The van der Waals surface area contributed by atoms with Crippen LogP contribution in [0.15, 0.2) is 23.1 Å². The number of fused-ring (bicyclic) bond motifs is 1. The fourth-order valence-corrected chi connectivity index (χ4v) is 5.66. The molecule has 0 unspecified atom stereocenters. The molecule has 10 heteroatoms. The monoisotopic (exact) mass is 410 g/mol. The summed E-state index contributed by atoms with van der Waals surface area (Å²) in [6, 6.07) is 4.47. The van der Waals surface area contributed by atoms with Gasteiger partial charge in [0.05, 0.1) is 10.6 Å². The molecule has 3 rings (SSSR count). The topological polar surface area (TPSA) is 120 Å². The maximum absolute atomic E-state index is 13.0. The van der Waals surface area contributed by atoms with E-state index in [-0.39, 0.29) is 10.6 Å². The molecule has 0 radical (unpaired) electrons. The highest BCUT2D eigenvalue weighted by Gasteiger charge is 2.27. The molecule has 1 aliphatic rings. The van der Waals surface area contributed by atoms with E-state index >= 15 is 0 Å². The molecular weight excluding hydrogens is 388 g/mol. The molecule has 0 spiro atoms. The average molecular weight is 411 g/mol. The molecule has 0 aliphatic carbocycles. The van der Waals surface area contributed by atoms with Crippen molar-refractivity contribution in [3.8, 4) is 10.6 Å². The number of nitrogens with zero attached hydrogens (tertiary/aromatic N) is 1. The maximum Gasteiger partial charge on any atom is 0.409 e. The fourth-order valence-electron chi connectivity index (χ4n) is 2.82. The molecule has 27 heavy (non-hydrogen) atoms. The lowest BCUT2D eigenvalue weighted by molar-refractivity contribution is 0.209. The Morgan fingerprint density at radius 3 is 2.70 bits per heavy atom. The van der Waals surface area contributed by atoms with E-state index in [2.05, 4.69) is 20.3 Å². The number of carboxylic acid groups (broad SMARTS) is 1. The van der Waals surface area contributed by atoms with Crippen molar-refractivity contribution in [1.82, 2.24) is 15.0 Å². The minimum Gasteiger partial charge on any atom is -0.465 e. The summed E-state index contributed by atoms with van der Waals surface area (Å²) in [7, 11) is -3.89. The Labute approximate surface area is 162 Å². The summed E-state index contributed by atoms with van der Waals surface area (Å²) in [4.78, 5) is 16.7. The van der Waals surface area contributed by atoms with Gasteiger partial charge in [0, 0.05) is 41.2 Å². The molecular formula is C17H22N4O4S2. The molecule has 2 heterocycles. The Hall–Kier alpha value is -2.01. The molecule has 4 N–H and O–H groups in total. The van der Waals surface area contributed by atoms with Gasteiger partial charge in [0.15, 0.2) is 0 Å². The summed E-state index contributed by atoms with van der Waals surface area (Å²) in [6.45, 7) is 6.80. The van der Waals surface area contributed by atoms with Crippen molar-refractivity contribution in [2.45, 2.75) is 44.2 Å². The van der Waals surface area contributed by atoms with E-state index in [0.29, 0.717) is 17.1 Å². The fraction of sp³-hybridized carbons (Fsp3) is 0.412. The van der Waals surface area contributed by atoms with Gasteiger partial charge in [0.1, 0.15) is 5.01 Å². The zero-order chi connectivity index (χ0) is 19.8. The molecule has 1 amide bonds. The van der Waals surface area contributed by atoms with Crippen LogP contribution >= 0.6 is 11.3 Å². The second-order valence-corrected chi connectivity index (χ2v) is 10.0. The van der Waals surface area contributed by atoms with E-state index < -0.39 is 21.7 Å². The number of benzene rings is 1. The van der Waals surface area contributed by atoms with Crippen molar-refractivity contribution >= 4 is 33.1 Å². The standard InChI is InChI=1S/C17H22N4O4S2/c1-17(2,3)21-27(24,25)14-8-10(19-16(22)23)4-5-11(14)15-20-12-6-7-18-9-13(12)26-15/h4-5,8,18-19,21H,6-7,9H2,1-3H3,(H,22,23). The molecule has 0 saturated heterocycles. The summed E-state index contributed by atoms with van der Waals surface area (Å²) >= 11 is 1.45. The first-order valence-corrected chi connectivity index (χ1v) is 10.7. The van der Waals surface area contributed by atoms with Crippen LogP contribution < -0.4 is 15.4 Å². The molecule has 1 aromatic carbocycles. The first-order chi connectivity index (χ1) is 12.5. The van der Waals surface area contributed by atoms with Crippen LogP contribution in [0.4, 0.5) is 10.5 Å². The summed E-state index contributed by atoms with van der Waals surface area (Å²) < 4.78 is 28.6. The SMILES string of the molecule is CC(C)(C)NS(=O)(=O)c1cc(NC(=O)O)ccc1-c1nc2c(s1)CNCC2. The largest absolute Gasteiger partial charge is 0.465 e. The lowest BCUT2D eigenvalue weighted by Gasteiger charge is -2.21. The molecule has 8 nitrogen and oxygen atoms in total. The second kappa shape index (κ2) is 7.19. The molecule has 1 aliphatic heterocycles. The Morgan fingerprint density at radius 1 is 1.33 bits per heavy atom. The molecule has 0 saturated carbocycles. The number of anilines is 1. The smallest absolute Gasteiger partial charge is 0.409 e. The Kier molecular flexibility index (Phi) is 5.26. The van der Waals surface area contributed by atoms with E-state index in [4.69, 9.17) is 5.11 Å². The van der Waals surface area contributed by atoms with E-state index in [1.165, 1.54) is 23.5 Å². The third-order valence-corrected chi connectivity index (χ3v) is 6.72. The minimum atomic E-state index is -3.89. The zero-order valence-electron chi connectivity index (χ0n) is 15.3. The van der Waals surface area contributed by atoms with Gasteiger partial charge in [-0.2, -0.15) is 0 Å². The van der Waals surface area contributed by atoms with Crippen molar-refractivity contribution in [3.63, 3.8) is 0 Å². The number of aromatic nitrogens is 1. The number of hydrogen-bond donors (Lipinski definition) is 4. The Bertz CT molecular complexity index is 954. The predicted octanol–water partition coefficient (Wildman–Crippen LogP) is 2.62. The van der Waals surface area contributed by atoms with Crippen LogP contribution in [0.25, 0.3) is 10.6 Å². The second-order valence-electron chi connectivity index (χ2n) is 7.31. The van der Waals surface area contributed by atoms with Crippen LogP contribution in [0.3, 0.4) is 0 Å². The normalized spacial score (nSPS) is 14.6. The molecule has 1 aromatic heterocycles. The first kappa shape index (κ1) is 19.7. The third-order valence-electron chi connectivity index (χ3n) is 3.80. The Morgan fingerprint density at radius 2 is 2.07 bits per heavy atom. The summed E-state index contributed by atoms with van der Waals surface area (Å²) in [5.41, 5.74) is 0.942. The van der Waals surface area contributed by atoms with E-state index in [0.717, 1.165) is 23.5 Å². The van der Waals surface area contributed by atoms with Crippen LogP contribution in [0.1, 0.15) is 31.3 Å². The molecule has 0 fully saturated rings. The van der Waals surface area contributed by atoms with E-state index in [9.17, 15) is 13.2 Å². The van der Waals surface area contributed by atoms with E-state index in [1.807, 2.05) is 0 Å².